The number of rotatable bonds is 7. The molecule has 3 aromatic carbocycles. The van der Waals surface area contributed by atoms with Crippen molar-refractivity contribution in [2.45, 2.75) is 44.8 Å². The maximum atomic E-state index is 14.1. The van der Waals surface area contributed by atoms with E-state index in [9.17, 15) is 17.6 Å². The first-order chi connectivity index (χ1) is 15.8. The third kappa shape index (κ3) is 5.63. The van der Waals surface area contributed by atoms with Crippen LogP contribution in [-0.4, -0.2) is 17.0 Å². The second kappa shape index (κ2) is 9.79. The van der Waals surface area contributed by atoms with Crippen LogP contribution in [0.4, 0.5) is 17.6 Å². The third-order valence-corrected chi connectivity index (χ3v) is 5.94. The fourth-order valence-corrected chi connectivity index (χ4v) is 4.08. The van der Waals surface area contributed by atoms with E-state index in [4.69, 9.17) is 4.74 Å². The van der Waals surface area contributed by atoms with Gasteiger partial charge >= 0.3 is 6.18 Å². The minimum Gasteiger partial charge on any atom is -0.488 e. The largest absolute Gasteiger partial charge is 0.488 e. The van der Waals surface area contributed by atoms with Gasteiger partial charge in [0.05, 0.1) is 5.56 Å². The molecule has 0 saturated carbocycles. The Morgan fingerprint density at radius 2 is 1.48 bits per heavy atom. The summed E-state index contributed by atoms with van der Waals surface area (Å²) in [5.74, 6) is -0.880. The molecule has 2 nitrogen and oxygen atoms in total. The molecule has 0 bridgehead atoms. The molecule has 3 aromatic rings. The Morgan fingerprint density at radius 1 is 0.909 bits per heavy atom. The summed E-state index contributed by atoms with van der Waals surface area (Å²) in [5.41, 5.74) is 1.40. The van der Waals surface area contributed by atoms with Crippen LogP contribution in [0.2, 0.25) is 0 Å². The van der Waals surface area contributed by atoms with E-state index in [2.05, 4.69) is 36.1 Å². The van der Waals surface area contributed by atoms with Crippen LogP contribution in [0.25, 0.3) is 5.76 Å². The van der Waals surface area contributed by atoms with Crippen molar-refractivity contribution in [2.24, 2.45) is 0 Å². The van der Waals surface area contributed by atoms with Crippen LogP contribution >= 0.6 is 0 Å². The zero-order valence-corrected chi connectivity index (χ0v) is 18.2. The average Bonchev–Trinajstić information content (AvgIpc) is 3.29. The molecule has 0 aliphatic carbocycles. The SMILES string of the molecule is CC([C@@H]1CC=C(c2ccc(C(F)(F)F)c(F)c2)O1)N(Cc1ccccc1)Cc1ccccc1. The maximum absolute atomic E-state index is 14.1. The van der Waals surface area contributed by atoms with Crippen molar-refractivity contribution < 1.29 is 22.3 Å². The molecule has 1 aliphatic heterocycles. The monoisotopic (exact) mass is 455 g/mol. The predicted octanol–water partition coefficient (Wildman–Crippen LogP) is 7.07. The summed E-state index contributed by atoms with van der Waals surface area (Å²) in [5, 5.41) is 0. The minimum atomic E-state index is -4.72. The van der Waals surface area contributed by atoms with E-state index in [0.717, 1.165) is 25.2 Å². The van der Waals surface area contributed by atoms with Crippen LogP contribution in [0.1, 0.15) is 35.6 Å². The molecule has 0 aromatic heterocycles. The highest BCUT2D eigenvalue weighted by Crippen LogP contribution is 2.35. The number of hydrogen-bond donors (Lipinski definition) is 0. The molecule has 0 fully saturated rings. The van der Waals surface area contributed by atoms with Crippen LogP contribution in [0.5, 0.6) is 0 Å². The first-order valence-electron chi connectivity index (χ1n) is 10.9. The highest BCUT2D eigenvalue weighted by Gasteiger charge is 2.35. The van der Waals surface area contributed by atoms with Crippen molar-refractivity contribution in [3.8, 4) is 0 Å². The zero-order chi connectivity index (χ0) is 23.4. The molecule has 1 unspecified atom stereocenters. The molecule has 6 heteroatoms. The van der Waals surface area contributed by atoms with Crippen molar-refractivity contribution in [1.29, 1.82) is 0 Å². The summed E-state index contributed by atoms with van der Waals surface area (Å²) in [7, 11) is 0. The lowest BCUT2D eigenvalue weighted by molar-refractivity contribution is -0.140. The first kappa shape index (κ1) is 23.1. The Bertz CT molecular complexity index is 1050. The van der Waals surface area contributed by atoms with Crippen LogP contribution < -0.4 is 0 Å². The van der Waals surface area contributed by atoms with E-state index >= 15 is 0 Å². The standard InChI is InChI=1S/C27H25F4NO/c1-19(32(17-20-8-4-2-5-9-20)18-21-10-6-3-7-11-21)25-14-15-26(33-25)22-12-13-23(24(28)16-22)27(29,30)31/h2-13,15-16,19,25H,14,17-18H2,1H3/t19?,25-/m0/s1. The van der Waals surface area contributed by atoms with Gasteiger partial charge in [0.2, 0.25) is 0 Å². The Kier molecular flexibility index (Phi) is 6.84. The molecule has 1 heterocycles. The molecule has 172 valence electrons. The fourth-order valence-electron chi connectivity index (χ4n) is 4.08. The molecule has 0 saturated heterocycles. The van der Waals surface area contributed by atoms with E-state index in [1.54, 1.807) is 0 Å². The number of nitrogens with zero attached hydrogens (tertiary/aromatic N) is 1. The van der Waals surface area contributed by atoms with E-state index in [-0.39, 0.29) is 12.1 Å². The van der Waals surface area contributed by atoms with Crippen molar-refractivity contribution in [3.63, 3.8) is 0 Å². The third-order valence-electron chi connectivity index (χ3n) is 5.94. The summed E-state index contributed by atoms with van der Waals surface area (Å²) < 4.78 is 58.8. The van der Waals surface area contributed by atoms with Crippen molar-refractivity contribution in [2.75, 3.05) is 0 Å². The van der Waals surface area contributed by atoms with Crippen LogP contribution in [-0.2, 0) is 24.0 Å². The summed E-state index contributed by atoms with van der Waals surface area (Å²) in [6, 6.07) is 23.2. The van der Waals surface area contributed by atoms with Gasteiger partial charge < -0.3 is 4.74 Å². The summed E-state index contributed by atoms with van der Waals surface area (Å²) >= 11 is 0. The number of hydrogen-bond acceptors (Lipinski definition) is 2. The molecule has 1 aliphatic rings. The highest BCUT2D eigenvalue weighted by molar-refractivity contribution is 5.62. The lowest BCUT2D eigenvalue weighted by Gasteiger charge is -2.33. The van der Waals surface area contributed by atoms with Gasteiger partial charge in [0.1, 0.15) is 17.7 Å². The molecule has 0 N–H and O–H groups in total. The van der Waals surface area contributed by atoms with Crippen LogP contribution in [0, 0.1) is 5.82 Å². The van der Waals surface area contributed by atoms with Crippen molar-refractivity contribution in [3.05, 3.63) is 113 Å². The molecule has 0 radical (unpaired) electrons. The van der Waals surface area contributed by atoms with Crippen LogP contribution in [0.15, 0.2) is 84.9 Å². The van der Waals surface area contributed by atoms with Gasteiger partial charge in [-0.3, -0.25) is 4.90 Å². The molecule has 0 spiro atoms. The lowest BCUT2D eigenvalue weighted by atomic mass is 10.1. The molecule has 4 rings (SSSR count). The Morgan fingerprint density at radius 3 is 2.00 bits per heavy atom. The van der Waals surface area contributed by atoms with Gasteiger partial charge in [-0.2, -0.15) is 13.2 Å². The molecular weight excluding hydrogens is 430 g/mol. The van der Waals surface area contributed by atoms with Crippen molar-refractivity contribution in [1.82, 2.24) is 4.90 Å². The first-order valence-corrected chi connectivity index (χ1v) is 10.9. The van der Waals surface area contributed by atoms with Crippen LogP contribution in [0.3, 0.4) is 0 Å². The number of benzene rings is 3. The van der Waals surface area contributed by atoms with Gasteiger partial charge in [0.25, 0.3) is 0 Å². The van der Waals surface area contributed by atoms with Gasteiger partial charge in [-0.25, -0.2) is 4.39 Å². The smallest absolute Gasteiger partial charge is 0.419 e. The van der Waals surface area contributed by atoms with Gasteiger partial charge in [0.15, 0.2) is 0 Å². The van der Waals surface area contributed by atoms with E-state index in [1.807, 2.05) is 42.5 Å². The average molecular weight is 455 g/mol. The van der Waals surface area contributed by atoms with Crippen molar-refractivity contribution >= 4 is 5.76 Å². The summed E-state index contributed by atoms with van der Waals surface area (Å²) in [6.07, 6.45) is -2.50. The van der Waals surface area contributed by atoms with E-state index in [1.165, 1.54) is 17.2 Å². The fraction of sp³-hybridized carbons (Fsp3) is 0.259. The molecular formula is C27H25F4NO. The molecule has 2 atom stereocenters. The summed E-state index contributed by atoms with van der Waals surface area (Å²) in [6.45, 7) is 3.53. The molecule has 0 amide bonds. The van der Waals surface area contributed by atoms with E-state index < -0.39 is 17.6 Å². The van der Waals surface area contributed by atoms with Gasteiger partial charge in [-0.1, -0.05) is 66.7 Å². The quantitative estimate of drug-likeness (QED) is 0.354. The Labute approximate surface area is 191 Å². The van der Waals surface area contributed by atoms with Gasteiger partial charge in [-0.05, 0) is 36.3 Å². The lowest BCUT2D eigenvalue weighted by Crippen LogP contribution is -2.40. The highest BCUT2D eigenvalue weighted by atomic mass is 19.4. The van der Waals surface area contributed by atoms with Gasteiger partial charge in [-0.15, -0.1) is 0 Å². The van der Waals surface area contributed by atoms with Gasteiger partial charge in [0, 0.05) is 31.1 Å². The number of ether oxygens (including phenoxy) is 1. The predicted molar refractivity (Wildman–Crippen MR) is 120 cm³/mol. The Balaban J connectivity index is 1.49. The second-order valence-corrected chi connectivity index (χ2v) is 8.27. The number of halogens is 4. The Hall–Kier alpha value is -3.12. The summed E-state index contributed by atoms with van der Waals surface area (Å²) in [4.78, 5) is 2.32. The second-order valence-electron chi connectivity index (χ2n) is 8.27. The molecule has 33 heavy (non-hydrogen) atoms. The maximum Gasteiger partial charge on any atom is 0.419 e. The topological polar surface area (TPSA) is 12.5 Å². The van der Waals surface area contributed by atoms with E-state index in [0.29, 0.717) is 17.7 Å². The minimum absolute atomic E-state index is 0.0125. The normalized spacial score (nSPS) is 17.0. The zero-order valence-electron chi connectivity index (χ0n) is 18.2. The number of alkyl halides is 3.